The first kappa shape index (κ1) is 13.8. The summed E-state index contributed by atoms with van der Waals surface area (Å²) < 4.78 is 1.44. The average Bonchev–Trinajstić information content (AvgIpc) is 3.01. The highest BCUT2D eigenvalue weighted by Crippen LogP contribution is 2.19. The van der Waals surface area contributed by atoms with E-state index < -0.39 is 0 Å². The molecule has 7 nitrogen and oxygen atoms in total. The van der Waals surface area contributed by atoms with E-state index in [1.807, 2.05) is 29.2 Å². The molecule has 0 atom stereocenters. The van der Waals surface area contributed by atoms with E-state index in [1.165, 1.54) is 11.0 Å². The van der Waals surface area contributed by atoms with Crippen molar-refractivity contribution >= 4 is 23.2 Å². The predicted octanol–water partition coefficient (Wildman–Crippen LogP) is 0.675. The van der Waals surface area contributed by atoms with Crippen molar-refractivity contribution in [3.05, 3.63) is 35.6 Å². The van der Waals surface area contributed by atoms with Crippen molar-refractivity contribution in [2.75, 3.05) is 31.1 Å². The van der Waals surface area contributed by atoms with E-state index in [9.17, 15) is 4.79 Å². The molecular formula is C13H15ClN6O. The normalized spacial score (nSPS) is 15.3. The average molecular weight is 307 g/mol. The molecule has 0 unspecified atom stereocenters. The molecule has 8 heteroatoms. The van der Waals surface area contributed by atoms with Crippen molar-refractivity contribution in [2.45, 2.75) is 6.54 Å². The van der Waals surface area contributed by atoms with Gasteiger partial charge in [0.25, 0.3) is 0 Å². The minimum Gasteiger partial charge on any atom is -0.368 e. The smallest absolute Gasteiger partial charge is 0.244 e. The number of benzene rings is 1. The van der Waals surface area contributed by atoms with Gasteiger partial charge in [-0.05, 0) is 34.7 Å². The summed E-state index contributed by atoms with van der Waals surface area (Å²) in [5, 5.41) is 11.5. The van der Waals surface area contributed by atoms with Crippen LogP contribution in [-0.4, -0.2) is 57.2 Å². The molecule has 1 amide bonds. The van der Waals surface area contributed by atoms with E-state index in [1.54, 1.807) is 0 Å². The van der Waals surface area contributed by atoms with Crippen molar-refractivity contribution in [2.24, 2.45) is 0 Å². The quantitative estimate of drug-likeness (QED) is 0.834. The van der Waals surface area contributed by atoms with Crippen LogP contribution in [0.5, 0.6) is 0 Å². The number of aromatic nitrogens is 4. The second-order valence-electron chi connectivity index (χ2n) is 4.85. The number of piperazine rings is 1. The van der Waals surface area contributed by atoms with Crippen LogP contribution < -0.4 is 4.90 Å². The van der Waals surface area contributed by atoms with Gasteiger partial charge >= 0.3 is 0 Å². The molecule has 0 aliphatic carbocycles. The number of tetrazole rings is 1. The molecule has 1 aliphatic rings. The minimum absolute atomic E-state index is 0.0399. The van der Waals surface area contributed by atoms with Gasteiger partial charge in [-0.1, -0.05) is 11.6 Å². The maximum absolute atomic E-state index is 12.1. The van der Waals surface area contributed by atoms with Gasteiger partial charge in [0, 0.05) is 36.9 Å². The van der Waals surface area contributed by atoms with E-state index in [4.69, 9.17) is 11.6 Å². The topological polar surface area (TPSA) is 67.2 Å². The molecule has 0 bridgehead atoms. The molecule has 1 aromatic heterocycles. The number of carbonyl (C=O) groups excluding carboxylic acids is 1. The van der Waals surface area contributed by atoms with Crippen LogP contribution in [0.25, 0.3) is 0 Å². The highest BCUT2D eigenvalue weighted by atomic mass is 35.5. The third-order valence-corrected chi connectivity index (χ3v) is 3.76. The lowest BCUT2D eigenvalue weighted by Crippen LogP contribution is -2.49. The zero-order valence-corrected chi connectivity index (χ0v) is 12.1. The molecular weight excluding hydrogens is 292 g/mol. The van der Waals surface area contributed by atoms with Gasteiger partial charge in [-0.3, -0.25) is 4.79 Å². The Morgan fingerprint density at radius 2 is 1.86 bits per heavy atom. The summed E-state index contributed by atoms with van der Waals surface area (Å²) in [4.78, 5) is 16.2. The highest BCUT2D eigenvalue weighted by molar-refractivity contribution is 6.30. The Bertz CT molecular complexity index is 592. The summed E-state index contributed by atoms with van der Waals surface area (Å²) in [6.45, 7) is 3.20. The maximum Gasteiger partial charge on any atom is 0.244 e. The Kier molecular flexibility index (Phi) is 4.01. The summed E-state index contributed by atoms with van der Waals surface area (Å²) in [5.41, 5.74) is 1.13. The molecule has 0 spiro atoms. The van der Waals surface area contributed by atoms with Crippen molar-refractivity contribution < 1.29 is 4.79 Å². The van der Waals surface area contributed by atoms with Crippen molar-refractivity contribution in [1.82, 2.24) is 25.1 Å². The third kappa shape index (κ3) is 3.30. The number of nitrogens with zero attached hydrogens (tertiary/aromatic N) is 6. The Hall–Kier alpha value is -2.15. The molecule has 1 fully saturated rings. The van der Waals surface area contributed by atoms with Gasteiger partial charge in [0.05, 0.1) is 0 Å². The lowest BCUT2D eigenvalue weighted by atomic mass is 10.2. The fourth-order valence-corrected chi connectivity index (χ4v) is 2.48. The van der Waals surface area contributed by atoms with Crippen LogP contribution in [0.3, 0.4) is 0 Å². The number of amides is 1. The molecule has 2 heterocycles. The van der Waals surface area contributed by atoms with Gasteiger partial charge in [-0.2, -0.15) is 0 Å². The lowest BCUT2D eigenvalue weighted by molar-refractivity contribution is -0.132. The van der Waals surface area contributed by atoms with E-state index in [0.29, 0.717) is 13.1 Å². The van der Waals surface area contributed by atoms with E-state index in [-0.39, 0.29) is 12.5 Å². The first-order valence-corrected chi connectivity index (χ1v) is 7.09. The number of carbonyl (C=O) groups is 1. The monoisotopic (exact) mass is 306 g/mol. The molecule has 1 aliphatic heterocycles. The molecule has 3 rings (SSSR count). The molecule has 1 aromatic carbocycles. The second kappa shape index (κ2) is 6.09. The zero-order valence-electron chi connectivity index (χ0n) is 11.4. The Balaban J connectivity index is 1.55. The van der Waals surface area contributed by atoms with Gasteiger partial charge in [-0.15, -0.1) is 5.10 Å². The largest absolute Gasteiger partial charge is 0.368 e. The predicted molar refractivity (Wildman–Crippen MR) is 78.1 cm³/mol. The van der Waals surface area contributed by atoms with E-state index in [2.05, 4.69) is 20.4 Å². The number of anilines is 1. The summed E-state index contributed by atoms with van der Waals surface area (Å²) in [6.07, 6.45) is 1.45. The van der Waals surface area contributed by atoms with Gasteiger partial charge in [-0.25, -0.2) is 4.68 Å². The third-order valence-electron chi connectivity index (χ3n) is 3.51. The van der Waals surface area contributed by atoms with Crippen LogP contribution in [0.15, 0.2) is 30.6 Å². The first-order chi connectivity index (χ1) is 10.2. The van der Waals surface area contributed by atoms with Gasteiger partial charge in [0.2, 0.25) is 5.91 Å². The van der Waals surface area contributed by atoms with E-state index in [0.717, 1.165) is 23.8 Å². The zero-order chi connectivity index (χ0) is 14.7. The van der Waals surface area contributed by atoms with Crippen LogP contribution in [0.4, 0.5) is 5.69 Å². The summed E-state index contributed by atoms with van der Waals surface area (Å²) >= 11 is 5.89. The fraction of sp³-hybridized carbons (Fsp3) is 0.385. The van der Waals surface area contributed by atoms with E-state index >= 15 is 0 Å². The Labute approximate surface area is 127 Å². The number of hydrogen-bond donors (Lipinski definition) is 0. The number of rotatable bonds is 3. The van der Waals surface area contributed by atoms with Gasteiger partial charge in [0.1, 0.15) is 12.9 Å². The summed E-state index contributed by atoms with van der Waals surface area (Å²) in [5.74, 6) is 0.0399. The van der Waals surface area contributed by atoms with Crippen molar-refractivity contribution in [1.29, 1.82) is 0 Å². The summed E-state index contributed by atoms with van der Waals surface area (Å²) in [6, 6.07) is 7.76. The second-order valence-corrected chi connectivity index (χ2v) is 5.29. The molecule has 110 valence electrons. The summed E-state index contributed by atoms with van der Waals surface area (Å²) in [7, 11) is 0. The van der Waals surface area contributed by atoms with Crippen LogP contribution in [-0.2, 0) is 11.3 Å². The maximum atomic E-state index is 12.1. The molecule has 0 N–H and O–H groups in total. The fourth-order valence-electron chi connectivity index (χ4n) is 2.36. The molecule has 0 saturated carbocycles. The van der Waals surface area contributed by atoms with Gasteiger partial charge in [0.15, 0.2) is 0 Å². The first-order valence-electron chi connectivity index (χ1n) is 6.71. The standard InChI is InChI=1S/C13H15ClN6O/c14-11-1-3-12(4-2-11)18-5-7-19(8-6-18)13(21)9-20-10-15-16-17-20/h1-4,10H,5-9H2. The van der Waals surface area contributed by atoms with Crippen molar-refractivity contribution in [3.63, 3.8) is 0 Å². The number of halogens is 1. The Morgan fingerprint density at radius 3 is 2.48 bits per heavy atom. The molecule has 21 heavy (non-hydrogen) atoms. The van der Waals surface area contributed by atoms with Crippen LogP contribution in [0, 0.1) is 0 Å². The van der Waals surface area contributed by atoms with Crippen molar-refractivity contribution in [3.8, 4) is 0 Å². The molecule has 2 aromatic rings. The highest BCUT2D eigenvalue weighted by Gasteiger charge is 2.21. The van der Waals surface area contributed by atoms with Crippen LogP contribution in [0.2, 0.25) is 5.02 Å². The number of hydrogen-bond acceptors (Lipinski definition) is 5. The molecule has 0 radical (unpaired) electrons. The van der Waals surface area contributed by atoms with Crippen LogP contribution in [0.1, 0.15) is 0 Å². The van der Waals surface area contributed by atoms with Crippen LogP contribution >= 0.6 is 11.6 Å². The lowest BCUT2D eigenvalue weighted by Gasteiger charge is -2.36. The Morgan fingerprint density at radius 1 is 1.14 bits per heavy atom. The molecule has 1 saturated heterocycles. The minimum atomic E-state index is 0.0399. The SMILES string of the molecule is O=C(Cn1cnnn1)N1CCN(c2ccc(Cl)cc2)CC1. The van der Waals surface area contributed by atoms with Gasteiger partial charge < -0.3 is 9.80 Å².